The van der Waals surface area contributed by atoms with Gasteiger partial charge in [-0.25, -0.2) is 4.68 Å². The highest BCUT2D eigenvalue weighted by Gasteiger charge is 2.46. The lowest BCUT2D eigenvalue weighted by Gasteiger charge is -2.34. The molecule has 170 valence electrons. The lowest BCUT2D eigenvalue weighted by atomic mass is 9.98. The highest BCUT2D eigenvalue weighted by atomic mass is 19.4. The van der Waals surface area contributed by atoms with Crippen molar-refractivity contribution in [1.82, 2.24) is 19.8 Å². The van der Waals surface area contributed by atoms with Gasteiger partial charge in [-0.2, -0.15) is 18.3 Å². The molecule has 0 aliphatic carbocycles. The van der Waals surface area contributed by atoms with E-state index >= 15 is 0 Å². The topological polar surface area (TPSA) is 76.2 Å². The highest BCUT2D eigenvalue weighted by Crippen LogP contribution is 2.42. The Morgan fingerprint density at radius 1 is 1.32 bits per heavy atom. The van der Waals surface area contributed by atoms with E-state index < -0.39 is 18.3 Å². The van der Waals surface area contributed by atoms with Gasteiger partial charge >= 0.3 is 6.18 Å². The van der Waals surface area contributed by atoms with Crippen LogP contribution in [0.15, 0.2) is 16.7 Å². The second-order valence-corrected chi connectivity index (χ2v) is 8.72. The zero-order valence-corrected chi connectivity index (χ0v) is 17.9. The van der Waals surface area contributed by atoms with E-state index in [2.05, 4.69) is 15.6 Å². The predicted octanol–water partition coefficient (Wildman–Crippen LogP) is 5.06. The van der Waals surface area contributed by atoms with Crippen LogP contribution in [0.1, 0.15) is 92.8 Å². The molecule has 7 nitrogen and oxygen atoms in total. The summed E-state index contributed by atoms with van der Waals surface area (Å²) >= 11 is 0. The van der Waals surface area contributed by atoms with Crippen LogP contribution in [-0.4, -0.2) is 44.5 Å². The van der Waals surface area contributed by atoms with Gasteiger partial charge in [0.15, 0.2) is 11.7 Å². The minimum absolute atomic E-state index is 0.0572. The zero-order valence-electron chi connectivity index (χ0n) is 17.9. The Labute approximate surface area is 178 Å². The smallest absolute Gasteiger partial charge is 0.367 e. The van der Waals surface area contributed by atoms with Crippen LogP contribution in [0, 0.1) is 0 Å². The van der Waals surface area contributed by atoms with Gasteiger partial charge in [0, 0.05) is 30.6 Å². The third-order valence-corrected chi connectivity index (χ3v) is 6.20. The van der Waals surface area contributed by atoms with E-state index in [0.29, 0.717) is 36.7 Å². The standard InChI is InChI=1S/C21H28F3N5O2/c1-4-13-9-18(21(22,23)24)29-19(25-13)11-14(26-29)16-7-5-6-8-28(16)20(30)15-10-17(12(2)3)31-27-15/h10-13,16,18,25H,4-9H2,1-3H3/t13-,16+,18-/m1/s1. The first-order valence-electron chi connectivity index (χ1n) is 10.9. The van der Waals surface area contributed by atoms with Gasteiger partial charge in [0.05, 0.1) is 11.7 Å². The minimum Gasteiger partial charge on any atom is -0.367 e. The minimum atomic E-state index is -4.39. The van der Waals surface area contributed by atoms with E-state index in [1.165, 1.54) is 0 Å². The maximum atomic E-state index is 13.7. The van der Waals surface area contributed by atoms with Gasteiger partial charge in [-0.15, -0.1) is 0 Å². The SMILES string of the molecule is CC[C@@H]1C[C@H](C(F)(F)F)n2nc([C@@H]3CCCCN3C(=O)c3cc(C(C)C)on3)cc2N1. The molecule has 1 fully saturated rings. The van der Waals surface area contributed by atoms with Crippen molar-refractivity contribution in [3.8, 4) is 0 Å². The number of fused-ring (bicyclic) bond motifs is 1. The summed E-state index contributed by atoms with van der Waals surface area (Å²) in [6.45, 7) is 6.26. The second kappa shape index (κ2) is 8.20. The number of carbonyl (C=O) groups excluding carboxylic acids is 1. The van der Waals surface area contributed by atoms with Gasteiger partial charge in [0.25, 0.3) is 5.91 Å². The number of anilines is 1. The van der Waals surface area contributed by atoms with Crippen LogP contribution >= 0.6 is 0 Å². The van der Waals surface area contributed by atoms with Crippen molar-refractivity contribution in [3.63, 3.8) is 0 Å². The van der Waals surface area contributed by atoms with Crippen LogP contribution in [-0.2, 0) is 0 Å². The van der Waals surface area contributed by atoms with Gasteiger partial charge in [-0.05, 0) is 32.1 Å². The molecule has 2 aliphatic rings. The van der Waals surface area contributed by atoms with Crippen LogP contribution in [0.2, 0.25) is 0 Å². The molecule has 1 saturated heterocycles. The molecule has 0 aromatic carbocycles. The second-order valence-electron chi connectivity index (χ2n) is 8.72. The van der Waals surface area contributed by atoms with Crippen molar-refractivity contribution in [1.29, 1.82) is 0 Å². The molecule has 0 spiro atoms. The number of piperidine rings is 1. The molecule has 0 unspecified atom stereocenters. The Hall–Kier alpha value is -2.52. The Kier molecular flexibility index (Phi) is 5.74. The fourth-order valence-electron chi connectivity index (χ4n) is 4.39. The van der Waals surface area contributed by atoms with Crippen molar-refractivity contribution < 1.29 is 22.5 Å². The van der Waals surface area contributed by atoms with Crippen LogP contribution in [0.3, 0.4) is 0 Å². The molecule has 2 aliphatic heterocycles. The first-order valence-corrected chi connectivity index (χ1v) is 10.9. The van der Waals surface area contributed by atoms with Gasteiger partial charge in [0.2, 0.25) is 0 Å². The molecule has 4 heterocycles. The maximum Gasteiger partial charge on any atom is 0.410 e. The Morgan fingerprint density at radius 2 is 2.10 bits per heavy atom. The number of alkyl halides is 3. The summed E-state index contributed by atoms with van der Waals surface area (Å²) < 4.78 is 47.4. The summed E-state index contributed by atoms with van der Waals surface area (Å²) in [6.07, 6.45) is -1.51. The summed E-state index contributed by atoms with van der Waals surface area (Å²) in [7, 11) is 0. The number of rotatable bonds is 4. The molecule has 0 radical (unpaired) electrons. The largest absolute Gasteiger partial charge is 0.410 e. The van der Waals surface area contributed by atoms with Crippen molar-refractivity contribution in [2.24, 2.45) is 0 Å². The third kappa shape index (κ3) is 4.16. The number of hydrogen-bond acceptors (Lipinski definition) is 5. The number of likely N-dealkylation sites (tertiary alicyclic amines) is 1. The molecule has 4 rings (SSSR count). The van der Waals surface area contributed by atoms with Crippen molar-refractivity contribution >= 4 is 11.7 Å². The fourth-order valence-corrected chi connectivity index (χ4v) is 4.39. The molecule has 10 heteroatoms. The molecule has 1 amide bonds. The third-order valence-electron chi connectivity index (χ3n) is 6.20. The fraction of sp³-hybridized carbons (Fsp3) is 0.667. The van der Waals surface area contributed by atoms with Crippen LogP contribution in [0.25, 0.3) is 0 Å². The van der Waals surface area contributed by atoms with Crippen LogP contribution < -0.4 is 5.32 Å². The van der Waals surface area contributed by atoms with E-state index in [1.807, 2.05) is 20.8 Å². The maximum absolute atomic E-state index is 13.7. The summed E-state index contributed by atoms with van der Waals surface area (Å²) in [5.41, 5.74) is 0.700. The average Bonchev–Trinajstić information content (AvgIpc) is 3.39. The molecule has 2 aromatic rings. The van der Waals surface area contributed by atoms with Gasteiger partial charge in [-0.1, -0.05) is 25.9 Å². The number of halogens is 3. The first kappa shape index (κ1) is 21.7. The number of carbonyl (C=O) groups is 1. The molecular weight excluding hydrogens is 411 g/mol. The normalized spacial score (nSPS) is 24.2. The zero-order chi connectivity index (χ0) is 22.3. The van der Waals surface area contributed by atoms with E-state index in [0.717, 1.165) is 17.5 Å². The van der Waals surface area contributed by atoms with Gasteiger partial charge < -0.3 is 14.7 Å². The number of aromatic nitrogens is 3. The van der Waals surface area contributed by atoms with E-state index in [1.54, 1.807) is 17.0 Å². The van der Waals surface area contributed by atoms with E-state index in [4.69, 9.17) is 4.52 Å². The summed E-state index contributed by atoms with van der Waals surface area (Å²) in [5.74, 6) is 0.801. The van der Waals surface area contributed by atoms with Crippen LogP contribution in [0.5, 0.6) is 0 Å². The Bertz CT molecular complexity index is 936. The summed E-state index contributed by atoms with van der Waals surface area (Å²) in [5, 5.41) is 11.4. The van der Waals surface area contributed by atoms with Gasteiger partial charge in [0.1, 0.15) is 11.6 Å². The van der Waals surface area contributed by atoms with Crippen molar-refractivity contribution in [2.75, 3.05) is 11.9 Å². The molecule has 2 aromatic heterocycles. The number of nitrogens with one attached hydrogen (secondary N) is 1. The van der Waals surface area contributed by atoms with Crippen molar-refractivity contribution in [2.45, 2.75) is 83.1 Å². The molecule has 0 saturated carbocycles. The average molecular weight is 439 g/mol. The number of nitrogens with zero attached hydrogens (tertiary/aromatic N) is 4. The summed E-state index contributed by atoms with van der Waals surface area (Å²) in [6, 6.07) is 0.981. The molecule has 31 heavy (non-hydrogen) atoms. The molecule has 1 N–H and O–H groups in total. The lowest BCUT2D eigenvalue weighted by molar-refractivity contribution is -0.173. The van der Waals surface area contributed by atoms with Crippen LogP contribution in [0.4, 0.5) is 19.0 Å². The van der Waals surface area contributed by atoms with E-state index in [-0.39, 0.29) is 30.0 Å². The quantitative estimate of drug-likeness (QED) is 0.721. The number of amides is 1. The van der Waals surface area contributed by atoms with Crippen molar-refractivity contribution in [3.05, 3.63) is 29.3 Å². The highest BCUT2D eigenvalue weighted by molar-refractivity contribution is 5.92. The molecule has 0 bridgehead atoms. The Morgan fingerprint density at radius 3 is 2.74 bits per heavy atom. The van der Waals surface area contributed by atoms with E-state index in [9.17, 15) is 18.0 Å². The first-order chi connectivity index (χ1) is 14.7. The van der Waals surface area contributed by atoms with Gasteiger partial charge in [-0.3, -0.25) is 4.79 Å². The Balaban J connectivity index is 1.64. The number of hydrogen-bond donors (Lipinski definition) is 1. The molecule has 3 atom stereocenters. The molecular formula is C21H28F3N5O2. The monoisotopic (exact) mass is 439 g/mol. The predicted molar refractivity (Wildman–Crippen MR) is 108 cm³/mol. The lowest BCUT2D eigenvalue weighted by Crippen LogP contribution is -2.40. The summed E-state index contributed by atoms with van der Waals surface area (Å²) in [4.78, 5) is 14.8.